The largest absolute Gasteiger partial charge is 1.00 e. The number of carbonyl (C=O) groups excluding carboxylic acids is 1. The number of Topliss-reactive ketones (excluding diaryl/α,β-unsaturated/α-hetero) is 1. The van der Waals surface area contributed by atoms with Crippen LogP contribution in [-0.4, -0.2) is 11.6 Å². The van der Waals surface area contributed by atoms with E-state index in [0.717, 1.165) is 16.4 Å². The molecule has 21 heavy (non-hydrogen) atoms. The predicted molar refractivity (Wildman–Crippen MR) is 77.2 cm³/mol. The third-order valence-electron chi connectivity index (χ3n) is 3.05. The van der Waals surface area contributed by atoms with E-state index in [-0.39, 0.29) is 18.2 Å². The van der Waals surface area contributed by atoms with Crippen molar-refractivity contribution in [2.75, 3.05) is 5.12 Å². The minimum Gasteiger partial charge on any atom is -1.00 e. The molecule has 3 rings (SSSR count). The van der Waals surface area contributed by atoms with Crippen LogP contribution in [0.5, 0.6) is 0 Å². The van der Waals surface area contributed by atoms with Crippen LogP contribution in [0.3, 0.4) is 0 Å². The number of carbonyl (C=O) groups is 1. The van der Waals surface area contributed by atoms with Gasteiger partial charge in [-0.3, -0.25) is 4.79 Å². The second-order valence-electron chi connectivity index (χ2n) is 4.50. The number of nitrogens with zero attached hydrogens (tertiary/aromatic N) is 2. The molecule has 0 aromatic heterocycles. The smallest absolute Gasteiger partial charge is 0.314 e. The standard InChI is InChI=1S/C15H14N4O.ClH/c1-12(20)15-16-19(14-10-6-3-7-11-14)17-18(15)13-8-4-2-5-9-13;/h2-11,17H,1H3;1H. The summed E-state index contributed by atoms with van der Waals surface area (Å²) in [6, 6.07) is 19.4. The summed E-state index contributed by atoms with van der Waals surface area (Å²) >= 11 is 0. The Balaban J connectivity index is 0.00000161. The first-order valence-corrected chi connectivity index (χ1v) is 6.40. The minimum absolute atomic E-state index is 0. The van der Waals surface area contributed by atoms with Crippen molar-refractivity contribution in [3.63, 3.8) is 0 Å². The molecule has 2 aromatic rings. The summed E-state index contributed by atoms with van der Waals surface area (Å²) in [6.45, 7) is 1.53. The molecule has 0 saturated carbocycles. The summed E-state index contributed by atoms with van der Waals surface area (Å²) in [5, 5.41) is 6.73. The zero-order valence-corrected chi connectivity index (χ0v) is 12.2. The van der Waals surface area contributed by atoms with Gasteiger partial charge in [0, 0.05) is 19.1 Å². The molecule has 5 nitrogen and oxygen atoms in total. The van der Waals surface area contributed by atoms with Crippen molar-refractivity contribution in [1.29, 1.82) is 0 Å². The molecular formula is C15H15ClN4O. The number of hydrogen-bond acceptors (Lipinski definition) is 4. The van der Waals surface area contributed by atoms with Crippen molar-refractivity contribution in [3.05, 3.63) is 60.7 Å². The molecule has 0 radical (unpaired) electrons. The Hall–Kier alpha value is -2.21. The van der Waals surface area contributed by atoms with E-state index in [2.05, 4.69) is 10.6 Å². The van der Waals surface area contributed by atoms with E-state index >= 15 is 0 Å². The lowest BCUT2D eigenvalue weighted by Crippen LogP contribution is -3.16. The molecule has 1 unspecified atom stereocenters. The van der Waals surface area contributed by atoms with Crippen LogP contribution in [-0.2, 0) is 4.79 Å². The lowest BCUT2D eigenvalue weighted by Gasteiger charge is -2.15. The molecule has 108 valence electrons. The van der Waals surface area contributed by atoms with Gasteiger partial charge in [-0.2, -0.15) is 5.01 Å². The van der Waals surface area contributed by atoms with Gasteiger partial charge in [0.1, 0.15) is 0 Å². The average molecular weight is 303 g/mol. The Bertz CT molecular complexity index is 645. The predicted octanol–water partition coefficient (Wildman–Crippen LogP) is -1.95. The molecule has 0 saturated heterocycles. The topological polar surface area (TPSA) is 49.1 Å². The van der Waals surface area contributed by atoms with E-state index < -0.39 is 0 Å². The van der Waals surface area contributed by atoms with E-state index in [1.807, 2.05) is 60.7 Å². The highest BCUT2D eigenvalue weighted by Crippen LogP contribution is 2.12. The molecule has 0 spiro atoms. The van der Waals surface area contributed by atoms with Crippen LogP contribution in [0.4, 0.5) is 11.4 Å². The van der Waals surface area contributed by atoms with Gasteiger partial charge in [0.05, 0.1) is 5.69 Å². The fraction of sp³-hybridized carbons (Fsp3) is 0.0667. The number of halogens is 1. The second-order valence-corrected chi connectivity index (χ2v) is 4.50. The molecule has 0 amide bonds. The molecule has 0 aliphatic carbocycles. The summed E-state index contributed by atoms with van der Waals surface area (Å²) < 4.78 is 0. The van der Waals surface area contributed by atoms with Crippen molar-refractivity contribution < 1.29 is 22.2 Å². The number of hydrazine groups is 1. The molecule has 1 heterocycles. The van der Waals surface area contributed by atoms with Crippen LogP contribution in [0.15, 0.2) is 65.8 Å². The molecule has 1 aliphatic rings. The van der Waals surface area contributed by atoms with Crippen LogP contribution in [0.2, 0.25) is 0 Å². The fourth-order valence-electron chi connectivity index (χ4n) is 2.08. The maximum absolute atomic E-state index is 11.8. The molecule has 1 atom stereocenters. The summed E-state index contributed by atoms with van der Waals surface area (Å²) in [4.78, 5) is 11.8. The highest BCUT2D eigenvalue weighted by atomic mass is 35.5. The number of para-hydroxylation sites is 2. The quantitative estimate of drug-likeness (QED) is 0.693. The highest BCUT2D eigenvalue weighted by molar-refractivity contribution is 6.34. The maximum Gasteiger partial charge on any atom is 0.314 e. The van der Waals surface area contributed by atoms with Crippen LogP contribution < -0.4 is 28.1 Å². The molecule has 1 aliphatic heterocycles. The van der Waals surface area contributed by atoms with E-state index in [0.29, 0.717) is 5.84 Å². The van der Waals surface area contributed by atoms with Crippen molar-refractivity contribution in [1.82, 2.24) is 5.53 Å². The lowest BCUT2D eigenvalue weighted by molar-refractivity contribution is -0.777. The zero-order valence-electron chi connectivity index (χ0n) is 11.5. The second kappa shape index (κ2) is 6.49. The van der Waals surface area contributed by atoms with Crippen LogP contribution >= 0.6 is 0 Å². The SMILES string of the molecule is CC(=O)C1=NN(c2ccccc2)N[NH+]1c1ccccc1.[Cl-]. The van der Waals surface area contributed by atoms with Gasteiger partial charge in [0.2, 0.25) is 5.78 Å². The number of rotatable bonds is 3. The summed E-state index contributed by atoms with van der Waals surface area (Å²) in [7, 11) is 0. The summed E-state index contributed by atoms with van der Waals surface area (Å²) in [5.41, 5.74) is 5.01. The summed E-state index contributed by atoms with van der Waals surface area (Å²) in [6.07, 6.45) is 0. The first-order chi connectivity index (χ1) is 9.75. The van der Waals surface area contributed by atoms with E-state index in [1.54, 1.807) is 5.12 Å². The minimum atomic E-state index is -0.0604. The van der Waals surface area contributed by atoms with Crippen molar-refractivity contribution in [3.8, 4) is 0 Å². The van der Waals surface area contributed by atoms with Gasteiger partial charge >= 0.3 is 5.84 Å². The van der Waals surface area contributed by atoms with Crippen LogP contribution in [0.25, 0.3) is 0 Å². The molecule has 0 bridgehead atoms. The fourth-order valence-corrected chi connectivity index (χ4v) is 2.08. The monoisotopic (exact) mass is 302 g/mol. The Kier molecular flexibility index (Phi) is 4.70. The Morgan fingerprint density at radius 3 is 2.19 bits per heavy atom. The molecule has 2 aromatic carbocycles. The van der Waals surface area contributed by atoms with Crippen LogP contribution in [0, 0.1) is 0 Å². The number of hydrogen-bond donors (Lipinski definition) is 2. The first kappa shape index (κ1) is 15.2. The van der Waals surface area contributed by atoms with Crippen molar-refractivity contribution in [2.45, 2.75) is 6.92 Å². The highest BCUT2D eigenvalue weighted by Gasteiger charge is 2.34. The van der Waals surface area contributed by atoms with Crippen molar-refractivity contribution in [2.24, 2.45) is 5.10 Å². The number of anilines is 1. The molecule has 6 heteroatoms. The van der Waals surface area contributed by atoms with Gasteiger partial charge in [-0.15, -0.1) is 5.12 Å². The number of benzene rings is 2. The number of quaternary nitrogens is 1. The van der Waals surface area contributed by atoms with Crippen LogP contribution in [0.1, 0.15) is 6.92 Å². The third kappa shape index (κ3) is 3.11. The first-order valence-electron chi connectivity index (χ1n) is 6.40. The van der Waals surface area contributed by atoms with Gasteiger partial charge in [-0.1, -0.05) is 41.5 Å². The third-order valence-corrected chi connectivity index (χ3v) is 3.05. The number of amidine groups is 1. The Morgan fingerprint density at radius 1 is 1.05 bits per heavy atom. The van der Waals surface area contributed by atoms with E-state index in [4.69, 9.17) is 0 Å². The van der Waals surface area contributed by atoms with E-state index in [1.165, 1.54) is 6.92 Å². The van der Waals surface area contributed by atoms with Gasteiger partial charge in [0.25, 0.3) is 0 Å². The Morgan fingerprint density at radius 2 is 1.62 bits per heavy atom. The molecular weight excluding hydrogens is 288 g/mol. The van der Waals surface area contributed by atoms with Crippen molar-refractivity contribution >= 4 is 23.0 Å². The molecule has 0 fully saturated rings. The number of nitrogens with one attached hydrogen (secondary N) is 2. The zero-order chi connectivity index (χ0) is 13.9. The van der Waals surface area contributed by atoms with Gasteiger partial charge in [-0.05, 0) is 17.7 Å². The van der Waals surface area contributed by atoms with Gasteiger partial charge in [-0.25, -0.2) is 0 Å². The van der Waals surface area contributed by atoms with Gasteiger partial charge in [0.15, 0.2) is 5.69 Å². The maximum atomic E-state index is 11.8. The van der Waals surface area contributed by atoms with Gasteiger partial charge < -0.3 is 12.4 Å². The number of ketones is 1. The summed E-state index contributed by atoms with van der Waals surface area (Å²) in [5.74, 6) is 0.384. The number of hydrazone groups is 1. The average Bonchev–Trinajstić information content (AvgIpc) is 2.94. The van der Waals surface area contributed by atoms with E-state index in [9.17, 15) is 4.79 Å². The Labute approximate surface area is 129 Å². The normalized spacial score (nSPS) is 17.1. The lowest BCUT2D eigenvalue weighted by atomic mass is 10.3. The molecule has 2 N–H and O–H groups in total.